The molecule has 1 atom stereocenters. The molecule has 2 aromatic rings. The maximum atomic E-state index is 12.8. The number of alkyl halides is 4. The Balaban J connectivity index is 2.62. The van der Waals surface area contributed by atoms with Crippen molar-refractivity contribution < 1.29 is 22.5 Å². The molecule has 0 amide bonds. The van der Waals surface area contributed by atoms with E-state index in [4.69, 9.17) is 11.6 Å². The lowest BCUT2D eigenvalue weighted by atomic mass is 10.0. The molecule has 1 unspecified atom stereocenters. The zero-order valence-electron chi connectivity index (χ0n) is 9.62. The molecule has 2 rings (SSSR count). The molecule has 0 aliphatic heterocycles. The van der Waals surface area contributed by atoms with Gasteiger partial charge in [-0.3, -0.25) is 0 Å². The summed E-state index contributed by atoms with van der Waals surface area (Å²) in [4.78, 5) is 9.64. The van der Waals surface area contributed by atoms with Gasteiger partial charge in [-0.25, -0.2) is 0 Å². The van der Waals surface area contributed by atoms with Gasteiger partial charge in [0.2, 0.25) is 5.76 Å². The van der Waals surface area contributed by atoms with E-state index in [1.165, 1.54) is 24.3 Å². The van der Waals surface area contributed by atoms with Crippen LogP contribution in [-0.4, -0.2) is 11.4 Å². The topological polar surface area (TPSA) is 43.1 Å². The fourth-order valence-electron chi connectivity index (χ4n) is 1.64. The third-order valence-electron chi connectivity index (χ3n) is 2.50. The maximum absolute atomic E-state index is 12.8. The van der Waals surface area contributed by atoms with E-state index in [0.717, 1.165) is 0 Å². The fraction of sp³-hybridized carbons (Fsp3) is 0.167. The first kappa shape index (κ1) is 15.1. The molecule has 0 N–H and O–H groups in total. The molecule has 3 nitrogen and oxygen atoms in total. The van der Waals surface area contributed by atoms with Crippen LogP contribution in [0.1, 0.15) is 16.2 Å². The number of hydrogen-bond donors (Lipinski definition) is 0. The standard InChI is InChI=1S/C12H6BrClF3NO2/c13-8(5-19)9-10(6-1-3-7(14)4-2-6)18-20-11(9)12(15,16)17/h1-5,8H. The summed E-state index contributed by atoms with van der Waals surface area (Å²) in [6.45, 7) is 0. The molecule has 1 aromatic carbocycles. The van der Waals surface area contributed by atoms with Crippen molar-refractivity contribution >= 4 is 33.8 Å². The molecule has 1 heterocycles. The Morgan fingerprint density at radius 2 is 1.90 bits per heavy atom. The average molecular weight is 369 g/mol. The van der Waals surface area contributed by atoms with Gasteiger partial charge >= 0.3 is 6.18 Å². The van der Waals surface area contributed by atoms with E-state index in [0.29, 0.717) is 16.9 Å². The van der Waals surface area contributed by atoms with Crippen LogP contribution in [0.3, 0.4) is 0 Å². The molecule has 0 radical (unpaired) electrons. The van der Waals surface area contributed by atoms with Crippen molar-refractivity contribution in [2.75, 3.05) is 0 Å². The molecule has 8 heteroatoms. The summed E-state index contributed by atoms with van der Waals surface area (Å²) < 4.78 is 42.9. The van der Waals surface area contributed by atoms with E-state index in [2.05, 4.69) is 25.6 Å². The second kappa shape index (κ2) is 5.57. The summed E-state index contributed by atoms with van der Waals surface area (Å²) in [5.41, 5.74) is -0.0345. The normalized spacial score (nSPS) is 13.2. The number of aldehydes is 1. The van der Waals surface area contributed by atoms with Gasteiger partial charge in [-0.1, -0.05) is 44.8 Å². The zero-order chi connectivity index (χ0) is 14.9. The molecule has 0 aliphatic carbocycles. The second-order valence-electron chi connectivity index (χ2n) is 3.82. The molecule has 0 saturated carbocycles. The number of carbonyl (C=O) groups excluding carboxylic acids is 1. The van der Waals surface area contributed by atoms with Crippen LogP contribution in [0, 0.1) is 0 Å². The van der Waals surface area contributed by atoms with E-state index < -0.39 is 16.8 Å². The lowest BCUT2D eigenvalue weighted by molar-refractivity contribution is -0.156. The molecule has 0 saturated heterocycles. The van der Waals surface area contributed by atoms with Crippen molar-refractivity contribution in [3.63, 3.8) is 0 Å². The predicted molar refractivity (Wildman–Crippen MR) is 69.7 cm³/mol. The van der Waals surface area contributed by atoms with Gasteiger partial charge in [0.05, 0.1) is 5.56 Å². The highest BCUT2D eigenvalue weighted by molar-refractivity contribution is 9.09. The summed E-state index contributed by atoms with van der Waals surface area (Å²) in [5.74, 6) is -1.29. The number of hydrogen-bond acceptors (Lipinski definition) is 3. The van der Waals surface area contributed by atoms with E-state index in [1.54, 1.807) is 0 Å². The van der Waals surface area contributed by atoms with Crippen LogP contribution in [-0.2, 0) is 11.0 Å². The van der Waals surface area contributed by atoms with E-state index in [-0.39, 0.29) is 11.3 Å². The van der Waals surface area contributed by atoms with Crippen molar-refractivity contribution in [2.45, 2.75) is 11.0 Å². The van der Waals surface area contributed by atoms with Gasteiger partial charge in [0, 0.05) is 10.6 Å². The highest BCUT2D eigenvalue weighted by Crippen LogP contribution is 2.41. The highest BCUT2D eigenvalue weighted by Gasteiger charge is 2.42. The van der Waals surface area contributed by atoms with Crippen LogP contribution in [0.4, 0.5) is 13.2 Å². The van der Waals surface area contributed by atoms with Crippen LogP contribution in [0.15, 0.2) is 28.8 Å². The van der Waals surface area contributed by atoms with Crippen LogP contribution < -0.4 is 0 Å². The Morgan fingerprint density at radius 3 is 2.40 bits per heavy atom. The van der Waals surface area contributed by atoms with Gasteiger partial charge < -0.3 is 9.32 Å². The number of nitrogens with zero attached hydrogens (tertiary/aromatic N) is 1. The molecule has 0 spiro atoms. The fourth-order valence-corrected chi connectivity index (χ4v) is 2.19. The number of aromatic nitrogens is 1. The minimum Gasteiger partial charge on any atom is -0.351 e. The first-order chi connectivity index (χ1) is 9.34. The Morgan fingerprint density at radius 1 is 1.30 bits per heavy atom. The third kappa shape index (κ3) is 2.88. The Bertz CT molecular complexity index is 625. The molecular weight excluding hydrogens is 362 g/mol. The molecule has 106 valence electrons. The lowest BCUT2D eigenvalue weighted by Crippen LogP contribution is -2.08. The van der Waals surface area contributed by atoms with Crippen molar-refractivity contribution in [2.24, 2.45) is 0 Å². The summed E-state index contributed by atoms with van der Waals surface area (Å²) in [6.07, 6.45) is -4.40. The van der Waals surface area contributed by atoms with Crippen LogP contribution in [0.5, 0.6) is 0 Å². The van der Waals surface area contributed by atoms with E-state index >= 15 is 0 Å². The first-order valence-corrected chi connectivity index (χ1v) is 6.56. The molecule has 0 bridgehead atoms. The van der Waals surface area contributed by atoms with Crippen molar-refractivity contribution in [3.8, 4) is 11.3 Å². The van der Waals surface area contributed by atoms with Gasteiger partial charge in [-0.15, -0.1) is 0 Å². The lowest BCUT2D eigenvalue weighted by Gasteiger charge is -2.07. The Labute approximate surface area is 124 Å². The van der Waals surface area contributed by atoms with Gasteiger partial charge in [0.25, 0.3) is 0 Å². The minimum atomic E-state index is -4.73. The summed E-state index contributed by atoms with van der Waals surface area (Å²) in [7, 11) is 0. The third-order valence-corrected chi connectivity index (χ3v) is 3.42. The Hall–Kier alpha value is -1.34. The van der Waals surface area contributed by atoms with Crippen molar-refractivity contribution in [1.29, 1.82) is 0 Å². The number of carbonyl (C=O) groups is 1. The molecule has 0 aliphatic rings. The molecule has 1 aromatic heterocycles. The minimum absolute atomic E-state index is 0.0528. The predicted octanol–water partition coefficient (Wildman–Crippen LogP) is 4.65. The van der Waals surface area contributed by atoms with Crippen molar-refractivity contribution in [1.82, 2.24) is 5.16 Å². The van der Waals surface area contributed by atoms with Gasteiger partial charge in [0.15, 0.2) is 0 Å². The number of benzene rings is 1. The Kier molecular flexibility index (Phi) is 4.19. The monoisotopic (exact) mass is 367 g/mol. The molecular formula is C12H6BrClF3NO2. The largest absolute Gasteiger partial charge is 0.452 e. The SMILES string of the molecule is O=CC(Br)c1c(-c2ccc(Cl)cc2)noc1C(F)(F)F. The van der Waals surface area contributed by atoms with Gasteiger partial charge in [-0.05, 0) is 12.1 Å². The van der Waals surface area contributed by atoms with Crippen molar-refractivity contribution in [3.05, 3.63) is 40.6 Å². The zero-order valence-corrected chi connectivity index (χ0v) is 12.0. The highest BCUT2D eigenvalue weighted by atomic mass is 79.9. The first-order valence-electron chi connectivity index (χ1n) is 5.26. The van der Waals surface area contributed by atoms with Crippen LogP contribution in [0.25, 0.3) is 11.3 Å². The van der Waals surface area contributed by atoms with E-state index in [1.807, 2.05) is 0 Å². The van der Waals surface area contributed by atoms with Gasteiger partial charge in [0.1, 0.15) is 16.8 Å². The quantitative estimate of drug-likeness (QED) is 0.585. The smallest absolute Gasteiger partial charge is 0.351 e. The maximum Gasteiger partial charge on any atom is 0.452 e. The summed E-state index contributed by atoms with van der Waals surface area (Å²) in [5, 5.41) is 3.86. The molecule has 0 fully saturated rings. The van der Waals surface area contributed by atoms with Gasteiger partial charge in [-0.2, -0.15) is 13.2 Å². The van der Waals surface area contributed by atoms with Crippen LogP contribution in [0.2, 0.25) is 5.02 Å². The second-order valence-corrected chi connectivity index (χ2v) is 5.24. The van der Waals surface area contributed by atoms with Crippen LogP contribution >= 0.6 is 27.5 Å². The molecule has 20 heavy (non-hydrogen) atoms. The van der Waals surface area contributed by atoms with E-state index in [9.17, 15) is 18.0 Å². The number of halogens is 5. The summed E-state index contributed by atoms with van der Waals surface area (Å²) >= 11 is 8.59. The average Bonchev–Trinajstić information content (AvgIpc) is 2.83. The summed E-state index contributed by atoms with van der Waals surface area (Å²) in [6, 6.07) is 6.00. The number of rotatable bonds is 3.